The fourth-order valence-electron chi connectivity index (χ4n) is 3.29. The highest BCUT2D eigenvalue weighted by Crippen LogP contribution is 2.19. The van der Waals surface area contributed by atoms with Gasteiger partial charge in [-0.05, 0) is 31.1 Å². The van der Waals surface area contributed by atoms with Gasteiger partial charge >= 0.3 is 5.97 Å². The lowest BCUT2D eigenvalue weighted by Gasteiger charge is -2.22. The maximum absolute atomic E-state index is 11.6. The number of hydrogen-bond acceptors (Lipinski definition) is 3. The van der Waals surface area contributed by atoms with Gasteiger partial charge < -0.3 is 9.30 Å². The average Bonchev–Trinajstić information content (AvgIpc) is 2.79. The molecule has 2 aromatic rings. The lowest BCUT2D eigenvalue weighted by Crippen LogP contribution is -2.44. The van der Waals surface area contributed by atoms with Crippen LogP contribution in [0.4, 0.5) is 0 Å². The van der Waals surface area contributed by atoms with Crippen LogP contribution in [0.5, 0.6) is 0 Å². The Morgan fingerprint density at radius 3 is 2.59 bits per heavy atom. The third-order valence-corrected chi connectivity index (χ3v) is 4.93. The van der Waals surface area contributed by atoms with Crippen molar-refractivity contribution in [1.82, 2.24) is 4.57 Å². The molecule has 1 heterocycles. The van der Waals surface area contributed by atoms with Crippen molar-refractivity contribution in [1.29, 1.82) is 0 Å². The Morgan fingerprint density at radius 1 is 1.27 bits per heavy atom. The minimum absolute atomic E-state index is 0.383. The van der Waals surface area contributed by atoms with Crippen LogP contribution in [0.1, 0.15) is 20.8 Å². The summed E-state index contributed by atoms with van der Waals surface area (Å²) >= 11 is 0.411. The van der Waals surface area contributed by atoms with Crippen molar-refractivity contribution >= 4 is 44.1 Å². The Labute approximate surface area is 131 Å². The van der Waals surface area contributed by atoms with Crippen LogP contribution in [0, 0.1) is 0 Å². The van der Waals surface area contributed by atoms with E-state index in [0.29, 0.717) is 16.1 Å². The van der Waals surface area contributed by atoms with Gasteiger partial charge in [0, 0.05) is 30.1 Å². The van der Waals surface area contributed by atoms with Crippen LogP contribution in [0.25, 0.3) is 22.0 Å². The van der Waals surface area contributed by atoms with Crippen LogP contribution in [0.15, 0.2) is 24.3 Å². The number of carbonyl (C=O) groups is 1. The standard InChI is InChI=1S/C17H17NO3S/c1-9-14-12-7-5-6-8-13(12)18(4)15(14)10(2)16(17(9)22-20)21-11(3)19/h5-8,16H,1-4H3. The van der Waals surface area contributed by atoms with Gasteiger partial charge in [-0.25, -0.2) is 4.21 Å². The first-order chi connectivity index (χ1) is 10.5. The monoisotopic (exact) mass is 315 g/mol. The maximum atomic E-state index is 11.6. The van der Waals surface area contributed by atoms with Gasteiger partial charge in [0.1, 0.15) is 0 Å². The highest BCUT2D eigenvalue weighted by molar-refractivity contribution is 7.67. The number of para-hydroxylation sites is 1. The molecule has 1 atom stereocenters. The van der Waals surface area contributed by atoms with Gasteiger partial charge in [-0.2, -0.15) is 0 Å². The van der Waals surface area contributed by atoms with E-state index in [1.165, 1.54) is 6.92 Å². The molecule has 1 aliphatic rings. The molecule has 0 radical (unpaired) electrons. The van der Waals surface area contributed by atoms with E-state index in [-0.39, 0.29) is 5.97 Å². The molecule has 1 aliphatic carbocycles. The Balaban J connectivity index is 2.55. The zero-order chi connectivity index (χ0) is 16.0. The second-order valence-corrected chi connectivity index (χ2v) is 6.15. The molecule has 1 unspecified atom stereocenters. The van der Waals surface area contributed by atoms with Crippen LogP contribution < -0.4 is 10.6 Å². The molecule has 0 spiro atoms. The molecule has 0 fully saturated rings. The molecule has 114 valence electrons. The number of carbonyl (C=O) groups excluding carboxylic acids is 1. The van der Waals surface area contributed by atoms with Crippen molar-refractivity contribution in [2.75, 3.05) is 0 Å². The summed E-state index contributed by atoms with van der Waals surface area (Å²) in [6.45, 7) is 5.22. The van der Waals surface area contributed by atoms with E-state index in [9.17, 15) is 9.00 Å². The summed E-state index contributed by atoms with van der Waals surface area (Å²) in [6.07, 6.45) is -0.587. The summed E-state index contributed by atoms with van der Waals surface area (Å²) in [5.74, 6) is -0.383. The number of aryl methyl sites for hydroxylation is 1. The molecule has 0 aliphatic heterocycles. The van der Waals surface area contributed by atoms with Gasteiger partial charge in [-0.3, -0.25) is 4.79 Å². The molecule has 0 saturated heterocycles. The Bertz CT molecular complexity index is 977. The number of aromatic nitrogens is 1. The van der Waals surface area contributed by atoms with Gasteiger partial charge in [-0.1, -0.05) is 18.2 Å². The third-order valence-electron chi connectivity index (χ3n) is 4.23. The van der Waals surface area contributed by atoms with Crippen molar-refractivity contribution in [2.24, 2.45) is 7.05 Å². The molecule has 5 heteroatoms. The molecule has 3 rings (SSSR count). The Hall–Kier alpha value is -2.14. The van der Waals surface area contributed by atoms with Gasteiger partial charge in [-0.15, -0.1) is 0 Å². The maximum Gasteiger partial charge on any atom is 0.303 e. The highest BCUT2D eigenvalue weighted by Gasteiger charge is 2.29. The second-order valence-electron chi connectivity index (χ2n) is 5.54. The van der Waals surface area contributed by atoms with E-state index in [1.54, 1.807) is 0 Å². The average molecular weight is 315 g/mol. The molecule has 0 N–H and O–H groups in total. The predicted molar refractivity (Wildman–Crippen MR) is 89.0 cm³/mol. The van der Waals surface area contributed by atoms with Gasteiger partial charge in [0.2, 0.25) is 0 Å². The van der Waals surface area contributed by atoms with E-state index in [2.05, 4.69) is 16.7 Å². The third kappa shape index (κ3) is 1.96. The lowest BCUT2D eigenvalue weighted by molar-refractivity contribution is -0.141. The first kappa shape index (κ1) is 14.8. The molecular formula is C17H17NO3S. The van der Waals surface area contributed by atoms with Crippen LogP contribution in [0.2, 0.25) is 0 Å². The normalized spacial score (nSPS) is 17.6. The summed E-state index contributed by atoms with van der Waals surface area (Å²) in [6, 6.07) is 8.10. The lowest BCUT2D eigenvalue weighted by atomic mass is 9.94. The summed E-state index contributed by atoms with van der Waals surface area (Å²) < 4.78 is 19.2. The summed E-state index contributed by atoms with van der Waals surface area (Å²) in [5, 5.41) is 3.21. The van der Waals surface area contributed by atoms with E-state index in [0.717, 1.165) is 32.6 Å². The van der Waals surface area contributed by atoms with Crippen molar-refractivity contribution in [3.05, 3.63) is 34.8 Å². The van der Waals surface area contributed by atoms with Gasteiger partial charge in [0.05, 0.1) is 21.5 Å². The first-order valence-corrected chi connectivity index (χ1v) is 7.81. The first-order valence-electron chi connectivity index (χ1n) is 7.06. The SMILES string of the molecule is CC(=O)OC1C(=S=O)C(C)=c2c(n(C)c3ccccc23)=C1C. The van der Waals surface area contributed by atoms with E-state index in [4.69, 9.17) is 4.74 Å². The van der Waals surface area contributed by atoms with Crippen molar-refractivity contribution in [3.8, 4) is 0 Å². The predicted octanol–water partition coefficient (Wildman–Crippen LogP) is 0.850. The van der Waals surface area contributed by atoms with Gasteiger partial charge in [0.25, 0.3) is 0 Å². The van der Waals surface area contributed by atoms with Crippen LogP contribution >= 0.6 is 0 Å². The minimum Gasteiger partial charge on any atom is -0.452 e. The van der Waals surface area contributed by atoms with Gasteiger partial charge in [0.15, 0.2) is 6.10 Å². The molecule has 0 saturated carbocycles. The Kier molecular flexibility index (Phi) is 3.53. The number of hydrogen-bond donors (Lipinski definition) is 0. The van der Waals surface area contributed by atoms with E-state index in [1.807, 2.05) is 33.0 Å². The number of nitrogens with zero attached hydrogens (tertiary/aromatic N) is 1. The highest BCUT2D eigenvalue weighted by atomic mass is 32.1. The largest absolute Gasteiger partial charge is 0.452 e. The quantitative estimate of drug-likeness (QED) is 0.579. The number of fused-ring (bicyclic) bond motifs is 3. The van der Waals surface area contributed by atoms with Crippen molar-refractivity contribution in [3.63, 3.8) is 0 Å². The fourth-order valence-corrected chi connectivity index (χ4v) is 3.83. The van der Waals surface area contributed by atoms with Crippen LogP contribution in [0.3, 0.4) is 0 Å². The topological polar surface area (TPSA) is 48.3 Å². The van der Waals surface area contributed by atoms with Crippen molar-refractivity contribution < 1.29 is 13.7 Å². The van der Waals surface area contributed by atoms with E-state index >= 15 is 0 Å². The number of ether oxygens (including phenoxy) is 1. The van der Waals surface area contributed by atoms with E-state index < -0.39 is 6.10 Å². The number of benzene rings is 1. The molecule has 1 aromatic heterocycles. The van der Waals surface area contributed by atoms with Crippen LogP contribution in [-0.4, -0.2) is 25.7 Å². The summed E-state index contributed by atoms with van der Waals surface area (Å²) in [5.41, 5.74) is 2.89. The smallest absolute Gasteiger partial charge is 0.303 e. The molecule has 1 aromatic carbocycles. The summed E-state index contributed by atoms with van der Waals surface area (Å²) in [4.78, 5) is 12.0. The molecule has 22 heavy (non-hydrogen) atoms. The molecule has 0 bridgehead atoms. The Morgan fingerprint density at radius 2 is 1.95 bits per heavy atom. The summed E-state index contributed by atoms with van der Waals surface area (Å²) in [7, 11) is 2.00. The van der Waals surface area contributed by atoms with Crippen molar-refractivity contribution in [2.45, 2.75) is 26.9 Å². The minimum atomic E-state index is -0.587. The second kappa shape index (κ2) is 5.25. The zero-order valence-electron chi connectivity index (χ0n) is 13.0. The number of rotatable bonds is 1. The molecule has 4 nitrogen and oxygen atoms in total. The molecular weight excluding hydrogens is 298 g/mol. The number of esters is 1. The molecule has 0 amide bonds. The van der Waals surface area contributed by atoms with Crippen LogP contribution in [-0.2, 0) is 27.8 Å². The zero-order valence-corrected chi connectivity index (χ0v) is 13.8. The fraction of sp³-hybridized carbons (Fsp3) is 0.294.